The highest BCUT2D eigenvalue weighted by Crippen LogP contribution is 2.35. The van der Waals surface area contributed by atoms with Crippen molar-refractivity contribution < 1.29 is 23.8 Å². The molecular formula is C13H15ClN2O5. The Bertz CT molecular complexity index is 564. The van der Waals surface area contributed by atoms with Crippen LogP contribution < -0.4 is 14.8 Å². The number of benzene rings is 1. The molecule has 1 aromatic carbocycles. The van der Waals surface area contributed by atoms with Gasteiger partial charge < -0.3 is 19.5 Å². The summed E-state index contributed by atoms with van der Waals surface area (Å²) >= 11 is 5.99. The van der Waals surface area contributed by atoms with Gasteiger partial charge in [-0.1, -0.05) is 11.6 Å². The van der Waals surface area contributed by atoms with Gasteiger partial charge in [-0.05, 0) is 0 Å². The molecular weight excluding hydrogens is 300 g/mol. The van der Waals surface area contributed by atoms with Crippen LogP contribution in [-0.2, 0) is 9.53 Å². The fraction of sp³-hybridized carbons (Fsp3) is 0.385. The summed E-state index contributed by atoms with van der Waals surface area (Å²) in [5.74, 6) is 0.447. The molecule has 1 fully saturated rings. The molecule has 1 N–H and O–H groups in total. The molecule has 0 radical (unpaired) electrons. The van der Waals surface area contributed by atoms with Gasteiger partial charge in [-0.25, -0.2) is 4.79 Å². The lowest BCUT2D eigenvalue weighted by Gasteiger charge is -2.15. The third-order valence-corrected chi connectivity index (χ3v) is 3.22. The fourth-order valence-electron chi connectivity index (χ4n) is 1.89. The van der Waals surface area contributed by atoms with Gasteiger partial charge in [0.2, 0.25) is 5.91 Å². The summed E-state index contributed by atoms with van der Waals surface area (Å²) in [6, 6.07) is 3.10. The highest BCUT2D eigenvalue weighted by Gasteiger charge is 2.24. The summed E-state index contributed by atoms with van der Waals surface area (Å²) in [5.41, 5.74) is 0.413. The summed E-state index contributed by atoms with van der Waals surface area (Å²) in [6.07, 6.45) is -0.495. The van der Waals surface area contributed by atoms with E-state index in [1.165, 1.54) is 19.1 Å². The topological polar surface area (TPSA) is 77.1 Å². The predicted octanol–water partition coefficient (Wildman–Crippen LogP) is 1.75. The number of anilines is 1. The molecule has 0 saturated carbocycles. The number of amides is 2. The van der Waals surface area contributed by atoms with E-state index in [2.05, 4.69) is 5.32 Å². The zero-order valence-corrected chi connectivity index (χ0v) is 12.4. The molecule has 1 aliphatic rings. The molecule has 1 heterocycles. The van der Waals surface area contributed by atoms with Crippen LogP contribution in [0.3, 0.4) is 0 Å². The Balaban J connectivity index is 2.10. The zero-order chi connectivity index (χ0) is 15.4. The molecule has 21 heavy (non-hydrogen) atoms. The molecule has 1 aliphatic heterocycles. The second-order valence-electron chi connectivity index (χ2n) is 4.27. The van der Waals surface area contributed by atoms with Gasteiger partial charge in [-0.2, -0.15) is 0 Å². The maximum Gasteiger partial charge on any atom is 0.410 e. The minimum atomic E-state index is -0.495. The first kappa shape index (κ1) is 15.2. The first-order chi connectivity index (χ1) is 10.0. The van der Waals surface area contributed by atoms with Crippen LogP contribution >= 0.6 is 11.6 Å². The first-order valence-electron chi connectivity index (χ1n) is 6.18. The summed E-state index contributed by atoms with van der Waals surface area (Å²) < 4.78 is 15.0. The zero-order valence-electron chi connectivity index (χ0n) is 11.6. The monoisotopic (exact) mass is 314 g/mol. The van der Waals surface area contributed by atoms with Crippen molar-refractivity contribution in [1.82, 2.24) is 4.90 Å². The molecule has 8 heteroatoms. The second-order valence-corrected chi connectivity index (χ2v) is 4.68. The minimum Gasteiger partial charge on any atom is -0.495 e. The van der Waals surface area contributed by atoms with Gasteiger partial charge in [0.15, 0.2) is 0 Å². The van der Waals surface area contributed by atoms with E-state index in [0.717, 1.165) is 0 Å². The number of carbonyl (C=O) groups is 2. The van der Waals surface area contributed by atoms with Crippen molar-refractivity contribution >= 4 is 29.3 Å². The van der Waals surface area contributed by atoms with E-state index in [0.29, 0.717) is 35.4 Å². The van der Waals surface area contributed by atoms with E-state index in [4.69, 9.17) is 25.8 Å². The number of halogens is 1. The summed E-state index contributed by atoms with van der Waals surface area (Å²) in [7, 11) is 2.94. The second kappa shape index (κ2) is 6.53. The summed E-state index contributed by atoms with van der Waals surface area (Å²) in [5, 5.41) is 3.03. The largest absolute Gasteiger partial charge is 0.495 e. The van der Waals surface area contributed by atoms with Crippen LogP contribution in [0.1, 0.15) is 0 Å². The van der Waals surface area contributed by atoms with Gasteiger partial charge >= 0.3 is 6.09 Å². The SMILES string of the molecule is COc1cc(NC(=O)CN2CCOC2=O)c(OC)cc1Cl. The van der Waals surface area contributed by atoms with Crippen LogP contribution in [0.2, 0.25) is 5.02 Å². The Morgan fingerprint density at radius 1 is 1.38 bits per heavy atom. The van der Waals surface area contributed by atoms with Crippen molar-refractivity contribution in [2.75, 3.05) is 39.2 Å². The van der Waals surface area contributed by atoms with Gasteiger partial charge in [-0.3, -0.25) is 9.69 Å². The smallest absolute Gasteiger partial charge is 0.410 e. The van der Waals surface area contributed by atoms with Crippen molar-refractivity contribution in [2.45, 2.75) is 0 Å². The van der Waals surface area contributed by atoms with E-state index >= 15 is 0 Å². The van der Waals surface area contributed by atoms with Gasteiger partial charge in [0, 0.05) is 12.1 Å². The quantitative estimate of drug-likeness (QED) is 0.896. The van der Waals surface area contributed by atoms with Gasteiger partial charge in [0.25, 0.3) is 0 Å². The Morgan fingerprint density at radius 3 is 2.67 bits per heavy atom. The minimum absolute atomic E-state index is 0.0903. The molecule has 0 atom stereocenters. The highest BCUT2D eigenvalue weighted by atomic mass is 35.5. The van der Waals surface area contributed by atoms with Gasteiger partial charge in [0.05, 0.1) is 31.5 Å². The molecule has 2 rings (SSSR count). The van der Waals surface area contributed by atoms with Crippen molar-refractivity contribution in [1.29, 1.82) is 0 Å². The molecule has 0 aliphatic carbocycles. The Morgan fingerprint density at radius 2 is 2.10 bits per heavy atom. The number of ether oxygens (including phenoxy) is 3. The first-order valence-corrected chi connectivity index (χ1v) is 6.56. The van der Waals surface area contributed by atoms with Crippen molar-refractivity contribution in [3.8, 4) is 11.5 Å². The van der Waals surface area contributed by atoms with Crippen LogP contribution in [0.4, 0.5) is 10.5 Å². The van der Waals surface area contributed by atoms with E-state index < -0.39 is 6.09 Å². The number of nitrogens with one attached hydrogen (secondary N) is 1. The summed E-state index contributed by atoms with van der Waals surface area (Å²) in [6.45, 7) is 0.602. The number of cyclic esters (lactones) is 1. The lowest BCUT2D eigenvalue weighted by atomic mass is 10.2. The molecule has 0 spiro atoms. The average molecular weight is 315 g/mol. The molecule has 0 unspecified atom stereocenters. The number of rotatable bonds is 5. The molecule has 7 nitrogen and oxygen atoms in total. The molecule has 0 aromatic heterocycles. The molecule has 1 aromatic rings. The predicted molar refractivity (Wildman–Crippen MR) is 76.1 cm³/mol. The lowest BCUT2D eigenvalue weighted by molar-refractivity contribution is -0.116. The number of carbonyl (C=O) groups excluding carboxylic acids is 2. The fourth-order valence-corrected chi connectivity index (χ4v) is 2.12. The normalized spacial score (nSPS) is 13.9. The van der Waals surface area contributed by atoms with Crippen molar-refractivity contribution in [3.05, 3.63) is 17.2 Å². The average Bonchev–Trinajstić information content (AvgIpc) is 2.85. The van der Waals surface area contributed by atoms with E-state index in [1.54, 1.807) is 12.1 Å². The van der Waals surface area contributed by atoms with Crippen LogP contribution in [0, 0.1) is 0 Å². The number of nitrogens with zero attached hydrogens (tertiary/aromatic N) is 1. The van der Waals surface area contributed by atoms with Crippen molar-refractivity contribution in [2.24, 2.45) is 0 Å². The maximum atomic E-state index is 12.0. The third-order valence-electron chi connectivity index (χ3n) is 2.93. The van der Waals surface area contributed by atoms with Gasteiger partial charge in [0.1, 0.15) is 24.7 Å². The maximum absolute atomic E-state index is 12.0. The molecule has 1 saturated heterocycles. The third kappa shape index (κ3) is 3.49. The Hall–Kier alpha value is -2.15. The van der Waals surface area contributed by atoms with Gasteiger partial charge in [-0.15, -0.1) is 0 Å². The van der Waals surface area contributed by atoms with Crippen LogP contribution in [0.25, 0.3) is 0 Å². The lowest BCUT2D eigenvalue weighted by Crippen LogP contribution is -2.33. The highest BCUT2D eigenvalue weighted by molar-refractivity contribution is 6.32. The van der Waals surface area contributed by atoms with Crippen molar-refractivity contribution in [3.63, 3.8) is 0 Å². The standard InChI is InChI=1S/C13H15ClN2O5/c1-19-10-6-9(11(20-2)5-8(10)14)15-12(17)7-16-3-4-21-13(16)18/h5-6H,3-4,7H2,1-2H3,(H,15,17). The number of hydrogen-bond acceptors (Lipinski definition) is 5. The molecule has 0 bridgehead atoms. The van der Waals surface area contributed by atoms with E-state index in [9.17, 15) is 9.59 Å². The molecule has 2 amide bonds. The van der Waals surface area contributed by atoms with Crippen LogP contribution in [0.5, 0.6) is 11.5 Å². The molecule has 114 valence electrons. The number of methoxy groups -OCH3 is 2. The van der Waals surface area contributed by atoms with E-state index in [1.807, 2.05) is 0 Å². The Labute approximate surface area is 126 Å². The number of hydrogen-bond donors (Lipinski definition) is 1. The summed E-state index contributed by atoms with van der Waals surface area (Å²) in [4.78, 5) is 24.6. The Kier molecular flexibility index (Phi) is 4.74. The van der Waals surface area contributed by atoms with E-state index in [-0.39, 0.29) is 12.5 Å². The van der Waals surface area contributed by atoms with Crippen LogP contribution in [-0.4, -0.2) is 50.8 Å². The van der Waals surface area contributed by atoms with Crippen LogP contribution in [0.15, 0.2) is 12.1 Å².